The van der Waals surface area contributed by atoms with Crippen LogP contribution in [0, 0.1) is 0 Å². The number of nitrogens with zero attached hydrogens (tertiary/aromatic N) is 2. The van der Waals surface area contributed by atoms with Gasteiger partial charge in [-0.1, -0.05) is 134 Å². The highest BCUT2D eigenvalue weighted by molar-refractivity contribution is 6.25. The number of aliphatic imine (C=N–C) groups is 2. The van der Waals surface area contributed by atoms with E-state index in [1.165, 1.54) is 5.39 Å². The minimum Gasteiger partial charge on any atom is -0.456 e. The number of hydrogen-bond acceptors (Lipinski definition) is 3. The summed E-state index contributed by atoms with van der Waals surface area (Å²) in [6, 6.07) is 56.3. The molecule has 10 rings (SSSR count). The first-order chi connectivity index (χ1) is 26.1. The highest BCUT2D eigenvalue weighted by Gasteiger charge is 2.20. The zero-order valence-electron chi connectivity index (χ0n) is 29.0. The summed E-state index contributed by atoms with van der Waals surface area (Å²) in [7, 11) is 0. The molecule has 4 heteroatoms. The van der Waals surface area contributed by atoms with Gasteiger partial charge < -0.3 is 8.83 Å². The molecule has 0 radical (unpaired) electrons. The SMILES string of the molecule is C=C(/N=C(\N=C(/C)c1cccc2oc3cccc(-c4cccc5oc6ccccc6c45)c3c12)c1ccc2ccccc2c1)c1ccc2ccccc2c1. The topological polar surface area (TPSA) is 51.0 Å². The number of rotatable bonds is 5. The zero-order valence-corrected chi connectivity index (χ0v) is 29.0. The molecule has 0 fully saturated rings. The van der Waals surface area contributed by atoms with E-state index in [0.717, 1.165) is 93.6 Å². The Labute approximate surface area is 305 Å². The Bertz CT molecular complexity index is 3160. The second kappa shape index (κ2) is 12.3. The molecule has 53 heavy (non-hydrogen) atoms. The molecule has 0 aliphatic carbocycles. The van der Waals surface area contributed by atoms with Gasteiger partial charge in [0.25, 0.3) is 0 Å². The first-order valence-corrected chi connectivity index (χ1v) is 17.8. The Balaban J connectivity index is 1.17. The Hall–Kier alpha value is -7.04. The van der Waals surface area contributed by atoms with Crippen molar-refractivity contribution < 1.29 is 8.83 Å². The summed E-state index contributed by atoms with van der Waals surface area (Å²) < 4.78 is 12.9. The van der Waals surface area contributed by atoms with Crippen molar-refractivity contribution in [2.24, 2.45) is 9.98 Å². The van der Waals surface area contributed by atoms with Crippen molar-refractivity contribution in [1.29, 1.82) is 0 Å². The number of amidine groups is 1. The average molecular weight is 681 g/mol. The lowest BCUT2D eigenvalue weighted by Gasteiger charge is -2.10. The van der Waals surface area contributed by atoms with Crippen LogP contribution in [-0.2, 0) is 0 Å². The van der Waals surface area contributed by atoms with E-state index in [4.69, 9.17) is 18.8 Å². The average Bonchev–Trinajstić information content (AvgIpc) is 3.79. The van der Waals surface area contributed by atoms with Gasteiger partial charge in [0.1, 0.15) is 22.3 Å². The summed E-state index contributed by atoms with van der Waals surface area (Å²) in [6.07, 6.45) is 0. The predicted octanol–water partition coefficient (Wildman–Crippen LogP) is 13.4. The van der Waals surface area contributed by atoms with Crippen molar-refractivity contribution in [2.75, 3.05) is 0 Å². The summed E-state index contributed by atoms with van der Waals surface area (Å²) in [6.45, 7) is 6.48. The van der Waals surface area contributed by atoms with E-state index in [2.05, 4.69) is 141 Å². The van der Waals surface area contributed by atoms with Crippen LogP contribution in [0.3, 0.4) is 0 Å². The molecular formula is C49H32N2O2. The molecule has 8 aromatic carbocycles. The van der Waals surface area contributed by atoms with E-state index in [1.807, 2.05) is 36.4 Å². The predicted molar refractivity (Wildman–Crippen MR) is 222 cm³/mol. The lowest BCUT2D eigenvalue weighted by molar-refractivity contribution is 0.668. The molecule has 0 unspecified atom stereocenters. The molecule has 250 valence electrons. The van der Waals surface area contributed by atoms with Crippen molar-refractivity contribution >= 4 is 82.7 Å². The molecule has 10 aromatic rings. The smallest absolute Gasteiger partial charge is 0.160 e. The van der Waals surface area contributed by atoms with Crippen LogP contribution in [0.2, 0.25) is 0 Å². The fraction of sp³-hybridized carbons (Fsp3) is 0.0204. The van der Waals surface area contributed by atoms with Crippen molar-refractivity contribution in [2.45, 2.75) is 6.92 Å². The summed E-state index contributed by atoms with van der Waals surface area (Å²) in [5.41, 5.74) is 9.80. The maximum atomic E-state index is 6.56. The number of benzene rings is 8. The van der Waals surface area contributed by atoms with Crippen LogP contribution in [0.25, 0.3) is 82.2 Å². The lowest BCUT2D eigenvalue weighted by Crippen LogP contribution is -2.05. The molecule has 0 N–H and O–H groups in total. The van der Waals surface area contributed by atoms with Crippen LogP contribution in [0.4, 0.5) is 0 Å². The highest BCUT2D eigenvalue weighted by Crippen LogP contribution is 2.43. The van der Waals surface area contributed by atoms with Gasteiger partial charge in [-0.05, 0) is 76.0 Å². The Kier molecular flexibility index (Phi) is 7.15. The number of para-hydroxylation sites is 1. The molecule has 0 saturated carbocycles. The quantitative estimate of drug-likeness (QED) is 0.134. The molecule has 2 aromatic heterocycles. The fourth-order valence-corrected chi connectivity index (χ4v) is 7.65. The van der Waals surface area contributed by atoms with E-state index in [9.17, 15) is 0 Å². The first-order valence-electron chi connectivity index (χ1n) is 17.8. The molecular weight excluding hydrogens is 649 g/mol. The fourth-order valence-electron chi connectivity index (χ4n) is 7.65. The molecule has 0 spiro atoms. The molecule has 0 bridgehead atoms. The van der Waals surface area contributed by atoms with Gasteiger partial charge >= 0.3 is 0 Å². The van der Waals surface area contributed by atoms with Gasteiger partial charge in [-0.3, -0.25) is 0 Å². The third-order valence-electron chi connectivity index (χ3n) is 10.2. The van der Waals surface area contributed by atoms with E-state index < -0.39 is 0 Å². The van der Waals surface area contributed by atoms with Crippen LogP contribution in [0.1, 0.15) is 23.6 Å². The van der Waals surface area contributed by atoms with Crippen LogP contribution >= 0.6 is 0 Å². The lowest BCUT2D eigenvalue weighted by atomic mass is 9.93. The number of hydrogen-bond donors (Lipinski definition) is 0. The second-order valence-electron chi connectivity index (χ2n) is 13.4. The van der Waals surface area contributed by atoms with Crippen LogP contribution in [-0.4, -0.2) is 11.5 Å². The number of furan rings is 2. The van der Waals surface area contributed by atoms with Gasteiger partial charge in [0.05, 0.1) is 5.70 Å². The zero-order chi connectivity index (χ0) is 35.5. The normalized spacial score (nSPS) is 12.5. The third-order valence-corrected chi connectivity index (χ3v) is 10.2. The van der Waals surface area contributed by atoms with Crippen molar-refractivity contribution in [3.8, 4) is 11.1 Å². The van der Waals surface area contributed by atoms with Gasteiger partial charge in [0, 0.05) is 43.9 Å². The van der Waals surface area contributed by atoms with Gasteiger partial charge in [0.15, 0.2) is 5.84 Å². The molecule has 0 saturated heterocycles. The van der Waals surface area contributed by atoms with Crippen molar-refractivity contribution in [3.63, 3.8) is 0 Å². The monoisotopic (exact) mass is 680 g/mol. The van der Waals surface area contributed by atoms with Gasteiger partial charge in [-0.15, -0.1) is 0 Å². The van der Waals surface area contributed by atoms with E-state index in [1.54, 1.807) is 0 Å². The second-order valence-corrected chi connectivity index (χ2v) is 13.4. The summed E-state index contributed by atoms with van der Waals surface area (Å²) in [4.78, 5) is 10.5. The summed E-state index contributed by atoms with van der Waals surface area (Å²) in [5.74, 6) is 0.589. The Morgan fingerprint density at radius 2 is 0.981 bits per heavy atom. The van der Waals surface area contributed by atoms with Crippen LogP contribution < -0.4 is 0 Å². The van der Waals surface area contributed by atoms with Crippen molar-refractivity contribution in [3.05, 3.63) is 187 Å². The maximum Gasteiger partial charge on any atom is 0.160 e. The van der Waals surface area contributed by atoms with Crippen LogP contribution in [0.5, 0.6) is 0 Å². The standard InChI is InChI=1S/C49H32N2O2/c1-30(34-26-24-32-12-3-5-14-35(32)28-34)50-49(37-27-25-33-13-4-6-15-36(33)29-37)51-31(2)38-17-9-22-44-47(38)48-40(19-11-23-45(48)53-44)39-18-10-21-43-46(39)41-16-7-8-20-42(41)52-43/h3-29H,1H2,2H3/b50-49-,51-31+. The van der Waals surface area contributed by atoms with E-state index in [-0.39, 0.29) is 0 Å². The minimum atomic E-state index is 0.589. The Morgan fingerprint density at radius 1 is 0.453 bits per heavy atom. The number of fused-ring (bicyclic) bond motifs is 8. The van der Waals surface area contributed by atoms with Crippen molar-refractivity contribution in [1.82, 2.24) is 0 Å². The van der Waals surface area contributed by atoms with E-state index >= 15 is 0 Å². The van der Waals surface area contributed by atoms with Crippen LogP contribution in [0.15, 0.2) is 189 Å². The van der Waals surface area contributed by atoms with Gasteiger partial charge in [-0.2, -0.15) is 0 Å². The molecule has 0 aliphatic heterocycles. The minimum absolute atomic E-state index is 0.589. The van der Waals surface area contributed by atoms with Gasteiger partial charge in [0.2, 0.25) is 0 Å². The molecule has 0 atom stereocenters. The third kappa shape index (κ3) is 5.23. The molecule has 0 aliphatic rings. The summed E-state index contributed by atoms with van der Waals surface area (Å²) >= 11 is 0. The summed E-state index contributed by atoms with van der Waals surface area (Å²) in [5, 5.41) is 8.82. The molecule has 4 nitrogen and oxygen atoms in total. The van der Waals surface area contributed by atoms with E-state index in [0.29, 0.717) is 11.5 Å². The first kappa shape index (κ1) is 30.8. The van der Waals surface area contributed by atoms with Gasteiger partial charge in [-0.25, -0.2) is 9.98 Å². The maximum absolute atomic E-state index is 6.56. The highest BCUT2D eigenvalue weighted by atomic mass is 16.3. The Morgan fingerprint density at radius 3 is 1.72 bits per heavy atom. The molecule has 2 heterocycles. The molecule has 0 amide bonds. The largest absolute Gasteiger partial charge is 0.456 e.